The highest BCUT2D eigenvalue weighted by atomic mass is 16.6. The van der Waals surface area contributed by atoms with Crippen LogP contribution in [-0.4, -0.2) is 49.2 Å². The second-order valence-corrected chi connectivity index (χ2v) is 6.36. The van der Waals surface area contributed by atoms with E-state index in [1.807, 2.05) is 0 Å². The summed E-state index contributed by atoms with van der Waals surface area (Å²) >= 11 is 0. The maximum atomic E-state index is 11.8. The number of carbonyl (C=O) groups is 2. The van der Waals surface area contributed by atoms with Gasteiger partial charge in [0.15, 0.2) is 0 Å². The standard InChI is InChI=1S/C16H29NO4/c1-12(2)15(18)20-11-14(21-16(19)13(3)4)10-17-8-6-5-7-9-17/h12-14H,5-11H2,1-4H3. The third-order valence-corrected chi connectivity index (χ3v) is 3.55. The van der Waals surface area contributed by atoms with Gasteiger partial charge in [-0.1, -0.05) is 34.1 Å². The largest absolute Gasteiger partial charge is 0.461 e. The molecule has 1 saturated heterocycles. The monoisotopic (exact) mass is 299 g/mol. The lowest BCUT2D eigenvalue weighted by atomic mass is 10.1. The highest BCUT2D eigenvalue weighted by Gasteiger charge is 2.23. The van der Waals surface area contributed by atoms with Crippen molar-refractivity contribution in [2.75, 3.05) is 26.2 Å². The first-order valence-corrected chi connectivity index (χ1v) is 7.99. The van der Waals surface area contributed by atoms with Crippen molar-refractivity contribution in [1.29, 1.82) is 0 Å². The molecule has 1 aliphatic heterocycles. The van der Waals surface area contributed by atoms with E-state index >= 15 is 0 Å². The highest BCUT2D eigenvalue weighted by Crippen LogP contribution is 2.12. The van der Waals surface area contributed by atoms with Crippen LogP contribution >= 0.6 is 0 Å². The molecule has 0 aromatic carbocycles. The van der Waals surface area contributed by atoms with Crippen molar-refractivity contribution in [2.45, 2.75) is 53.1 Å². The minimum absolute atomic E-state index is 0.145. The Bertz CT molecular complexity index is 335. The van der Waals surface area contributed by atoms with E-state index in [0.717, 1.165) is 13.1 Å². The minimum Gasteiger partial charge on any atom is -0.461 e. The molecule has 1 aliphatic rings. The van der Waals surface area contributed by atoms with Crippen molar-refractivity contribution in [1.82, 2.24) is 4.90 Å². The average Bonchev–Trinajstić information content (AvgIpc) is 2.45. The molecular weight excluding hydrogens is 270 g/mol. The molecule has 0 amide bonds. The number of hydrogen-bond donors (Lipinski definition) is 0. The van der Waals surface area contributed by atoms with Gasteiger partial charge in [-0.15, -0.1) is 0 Å². The van der Waals surface area contributed by atoms with Gasteiger partial charge in [0.05, 0.1) is 11.8 Å². The molecule has 5 heteroatoms. The van der Waals surface area contributed by atoms with Gasteiger partial charge in [-0.3, -0.25) is 14.5 Å². The summed E-state index contributed by atoms with van der Waals surface area (Å²) in [6, 6.07) is 0. The summed E-state index contributed by atoms with van der Waals surface area (Å²) in [4.78, 5) is 25.7. The van der Waals surface area contributed by atoms with Crippen LogP contribution in [0, 0.1) is 11.8 Å². The molecule has 0 bridgehead atoms. The Kier molecular flexibility index (Phi) is 7.72. The van der Waals surface area contributed by atoms with E-state index in [9.17, 15) is 9.59 Å². The van der Waals surface area contributed by atoms with Crippen LogP contribution in [0.2, 0.25) is 0 Å². The van der Waals surface area contributed by atoms with Gasteiger partial charge in [0.1, 0.15) is 12.7 Å². The molecule has 21 heavy (non-hydrogen) atoms. The minimum atomic E-state index is -0.374. The molecule has 122 valence electrons. The fourth-order valence-electron chi connectivity index (χ4n) is 2.20. The van der Waals surface area contributed by atoms with Crippen molar-refractivity contribution < 1.29 is 19.1 Å². The molecule has 1 rings (SSSR count). The quantitative estimate of drug-likeness (QED) is 0.675. The van der Waals surface area contributed by atoms with Crippen LogP contribution in [0.5, 0.6) is 0 Å². The van der Waals surface area contributed by atoms with E-state index in [1.54, 1.807) is 27.7 Å². The van der Waals surface area contributed by atoms with Crippen LogP contribution in [-0.2, 0) is 19.1 Å². The van der Waals surface area contributed by atoms with Gasteiger partial charge in [-0.2, -0.15) is 0 Å². The first-order chi connectivity index (χ1) is 9.90. The Labute approximate surface area is 128 Å². The maximum absolute atomic E-state index is 11.8. The van der Waals surface area contributed by atoms with Gasteiger partial charge in [0, 0.05) is 6.54 Å². The number of hydrogen-bond acceptors (Lipinski definition) is 5. The zero-order valence-corrected chi connectivity index (χ0v) is 13.8. The van der Waals surface area contributed by atoms with Crippen molar-refractivity contribution in [3.05, 3.63) is 0 Å². The first-order valence-electron chi connectivity index (χ1n) is 7.99. The van der Waals surface area contributed by atoms with Crippen LogP contribution in [0.1, 0.15) is 47.0 Å². The molecule has 0 aromatic heterocycles. The number of carbonyl (C=O) groups excluding carboxylic acids is 2. The summed E-state index contributed by atoms with van der Waals surface area (Å²) in [5, 5.41) is 0. The third kappa shape index (κ3) is 6.93. The Morgan fingerprint density at radius 1 is 0.952 bits per heavy atom. The van der Waals surface area contributed by atoms with Gasteiger partial charge in [-0.05, 0) is 25.9 Å². The number of ether oxygens (including phenoxy) is 2. The summed E-state index contributed by atoms with van der Waals surface area (Å²) in [7, 11) is 0. The van der Waals surface area contributed by atoms with Gasteiger partial charge >= 0.3 is 11.9 Å². The first kappa shape index (κ1) is 18.0. The second-order valence-electron chi connectivity index (χ2n) is 6.36. The molecule has 1 heterocycles. The van der Waals surface area contributed by atoms with E-state index in [4.69, 9.17) is 9.47 Å². The summed E-state index contributed by atoms with van der Waals surface area (Å²) in [5.74, 6) is -0.826. The van der Waals surface area contributed by atoms with Crippen LogP contribution < -0.4 is 0 Å². The van der Waals surface area contributed by atoms with Crippen LogP contribution in [0.25, 0.3) is 0 Å². The molecule has 0 N–H and O–H groups in total. The van der Waals surface area contributed by atoms with Gasteiger partial charge in [-0.25, -0.2) is 0 Å². The molecule has 0 aliphatic carbocycles. The summed E-state index contributed by atoms with van der Waals surface area (Å²) < 4.78 is 10.7. The molecule has 0 saturated carbocycles. The number of esters is 2. The lowest BCUT2D eigenvalue weighted by Crippen LogP contribution is -2.41. The second kappa shape index (κ2) is 9.03. The lowest BCUT2D eigenvalue weighted by Gasteiger charge is -2.30. The molecule has 0 radical (unpaired) electrons. The zero-order valence-electron chi connectivity index (χ0n) is 13.8. The summed E-state index contributed by atoms with van der Waals surface area (Å²) in [6.45, 7) is 10.0. The predicted octanol–water partition coefficient (Wildman–Crippen LogP) is 2.24. The van der Waals surface area contributed by atoms with Crippen LogP contribution in [0.4, 0.5) is 0 Å². The van der Waals surface area contributed by atoms with Crippen LogP contribution in [0.15, 0.2) is 0 Å². The number of nitrogens with zero attached hydrogens (tertiary/aromatic N) is 1. The Morgan fingerprint density at radius 2 is 1.52 bits per heavy atom. The van der Waals surface area contributed by atoms with Crippen molar-refractivity contribution in [2.24, 2.45) is 11.8 Å². The van der Waals surface area contributed by atoms with E-state index in [-0.39, 0.29) is 36.5 Å². The smallest absolute Gasteiger partial charge is 0.308 e. The SMILES string of the molecule is CC(C)C(=O)OCC(CN1CCCCC1)OC(=O)C(C)C. The Balaban J connectivity index is 2.51. The zero-order chi connectivity index (χ0) is 15.8. The van der Waals surface area contributed by atoms with E-state index < -0.39 is 0 Å². The topological polar surface area (TPSA) is 55.8 Å². The van der Waals surface area contributed by atoms with Gasteiger partial charge in [0.25, 0.3) is 0 Å². The number of piperidine rings is 1. The number of likely N-dealkylation sites (tertiary alicyclic amines) is 1. The van der Waals surface area contributed by atoms with Crippen molar-refractivity contribution in [3.8, 4) is 0 Å². The molecule has 0 spiro atoms. The van der Waals surface area contributed by atoms with Crippen LogP contribution in [0.3, 0.4) is 0 Å². The Hall–Kier alpha value is -1.10. The molecule has 5 nitrogen and oxygen atoms in total. The predicted molar refractivity (Wildman–Crippen MR) is 80.8 cm³/mol. The normalized spacial score (nSPS) is 17.8. The molecule has 1 fully saturated rings. The van der Waals surface area contributed by atoms with E-state index in [0.29, 0.717) is 6.54 Å². The summed E-state index contributed by atoms with van der Waals surface area (Å²) in [5.41, 5.74) is 0. The van der Waals surface area contributed by atoms with E-state index in [1.165, 1.54) is 19.3 Å². The van der Waals surface area contributed by atoms with E-state index in [2.05, 4.69) is 4.90 Å². The Morgan fingerprint density at radius 3 is 2.05 bits per heavy atom. The van der Waals surface area contributed by atoms with Crippen molar-refractivity contribution >= 4 is 11.9 Å². The third-order valence-electron chi connectivity index (χ3n) is 3.55. The fourth-order valence-corrected chi connectivity index (χ4v) is 2.20. The highest BCUT2D eigenvalue weighted by molar-refractivity contribution is 5.72. The average molecular weight is 299 g/mol. The van der Waals surface area contributed by atoms with Crippen molar-refractivity contribution in [3.63, 3.8) is 0 Å². The maximum Gasteiger partial charge on any atom is 0.308 e. The number of rotatable bonds is 7. The molecule has 1 atom stereocenters. The summed E-state index contributed by atoms with van der Waals surface area (Å²) in [6.07, 6.45) is 3.24. The molecule has 1 unspecified atom stereocenters. The molecular formula is C16H29NO4. The molecule has 0 aromatic rings. The fraction of sp³-hybridized carbons (Fsp3) is 0.875. The lowest BCUT2D eigenvalue weighted by molar-refractivity contribution is -0.164. The van der Waals surface area contributed by atoms with Gasteiger partial charge < -0.3 is 9.47 Å². The van der Waals surface area contributed by atoms with Gasteiger partial charge in [0.2, 0.25) is 0 Å².